The van der Waals surface area contributed by atoms with Gasteiger partial charge in [-0.25, -0.2) is 9.59 Å². The van der Waals surface area contributed by atoms with Gasteiger partial charge in [-0.05, 0) is 128 Å². The number of esters is 1. The van der Waals surface area contributed by atoms with Crippen LogP contribution in [-0.4, -0.2) is 101 Å². The maximum atomic E-state index is 14.4. The average molecular weight is 1110 g/mol. The fraction of sp³-hybridized carbons (Fsp3) is 0.403. The van der Waals surface area contributed by atoms with Crippen molar-refractivity contribution in [2.24, 2.45) is 37.8 Å². The normalized spacial score (nSPS) is 21.1. The van der Waals surface area contributed by atoms with Crippen LogP contribution in [0.25, 0.3) is 44.3 Å². The van der Waals surface area contributed by atoms with Crippen LogP contribution in [0.15, 0.2) is 119 Å². The molecule has 6 heterocycles. The summed E-state index contributed by atoms with van der Waals surface area (Å²) in [5.41, 5.74) is 6.17. The van der Waals surface area contributed by atoms with Gasteiger partial charge in [0.2, 0.25) is 0 Å². The fourth-order valence-electron chi connectivity index (χ4n) is 15.0. The number of aromatic hydroxyl groups is 1. The Hall–Kier alpha value is -7.56. The Labute approximate surface area is 478 Å². The Morgan fingerprint density at radius 1 is 0.646 bits per heavy atom. The Kier molecular flexibility index (Phi) is 15.4. The van der Waals surface area contributed by atoms with E-state index in [-0.39, 0.29) is 18.4 Å². The van der Waals surface area contributed by atoms with Gasteiger partial charge in [0.1, 0.15) is 5.75 Å². The first-order valence-electron chi connectivity index (χ1n) is 29.6. The molecule has 15 nitrogen and oxygen atoms in total. The molecule has 4 aliphatic rings. The molecule has 2 aliphatic carbocycles. The highest BCUT2D eigenvalue weighted by Crippen LogP contribution is 2.42. The molecule has 12 rings (SSSR count). The van der Waals surface area contributed by atoms with E-state index >= 15 is 0 Å². The average Bonchev–Trinajstić information content (AvgIpc) is 4.41. The van der Waals surface area contributed by atoms with Gasteiger partial charge >= 0.3 is 11.9 Å². The number of carbonyl (C=O) groups is 2. The van der Waals surface area contributed by atoms with Crippen LogP contribution in [0.4, 0.5) is 0 Å². The number of aromatic nitrogens is 4. The van der Waals surface area contributed by atoms with Crippen molar-refractivity contribution in [3.63, 3.8) is 0 Å². The van der Waals surface area contributed by atoms with E-state index in [1.54, 1.807) is 6.92 Å². The second kappa shape index (κ2) is 23.0. The summed E-state index contributed by atoms with van der Waals surface area (Å²) in [6.45, 7) is 11.2. The maximum absolute atomic E-state index is 14.4. The molecule has 6 atom stereocenters. The molecule has 4 fully saturated rings. The first-order valence-corrected chi connectivity index (χ1v) is 29.6. The number of nitrogens with one attached hydrogen (secondary N) is 3. The molecular formula is C67H76N8O7. The summed E-state index contributed by atoms with van der Waals surface area (Å²) in [6.07, 6.45) is 7.78. The third kappa shape index (κ3) is 10.4. The van der Waals surface area contributed by atoms with Gasteiger partial charge in [0, 0.05) is 123 Å². The first-order chi connectivity index (χ1) is 39.8. The molecule has 2 saturated heterocycles. The van der Waals surface area contributed by atoms with Crippen molar-refractivity contribution in [1.29, 1.82) is 0 Å². The van der Waals surface area contributed by atoms with Gasteiger partial charge in [-0.3, -0.25) is 24.3 Å². The summed E-state index contributed by atoms with van der Waals surface area (Å²) in [4.78, 5) is 68.7. The number of hydrogen-bond acceptors (Lipinski definition) is 10. The Morgan fingerprint density at radius 2 is 1.16 bits per heavy atom. The Morgan fingerprint density at radius 3 is 1.70 bits per heavy atom. The molecule has 2 saturated carbocycles. The zero-order valence-corrected chi connectivity index (χ0v) is 47.8. The summed E-state index contributed by atoms with van der Waals surface area (Å²) < 4.78 is 10.3. The van der Waals surface area contributed by atoms with Crippen molar-refractivity contribution >= 4 is 33.7 Å². The van der Waals surface area contributed by atoms with E-state index in [9.17, 15) is 29.4 Å². The van der Waals surface area contributed by atoms with Crippen LogP contribution in [0.3, 0.4) is 0 Å². The van der Waals surface area contributed by atoms with Crippen molar-refractivity contribution in [2.75, 3.05) is 33.2 Å². The molecule has 0 unspecified atom stereocenters. The van der Waals surface area contributed by atoms with E-state index in [1.165, 1.54) is 55.3 Å². The van der Waals surface area contributed by atoms with Crippen molar-refractivity contribution in [1.82, 2.24) is 39.1 Å². The van der Waals surface area contributed by atoms with E-state index in [1.807, 2.05) is 43.3 Å². The largest absolute Gasteiger partial charge is 0.506 e. The van der Waals surface area contributed by atoms with Crippen LogP contribution in [0.5, 0.6) is 11.5 Å². The van der Waals surface area contributed by atoms with Crippen LogP contribution in [0.1, 0.15) is 107 Å². The number of pyridine rings is 2. The Balaban J connectivity index is 0.786. The van der Waals surface area contributed by atoms with E-state index < -0.39 is 45.7 Å². The lowest BCUT2D eigenvalue weighted by Crippen LogP contribution is -2.45. The van der Waals surface area contributed by atoms with Crippen molar-refractivity contribution in [3.05, 3.63) is 175 Å². The molecule has 0 amide bonds. The number of carboxylic acids is 1. The number of aryl methyl sites for hydroxylation is 2. The SMILES string of the molecule is CCc1c(-c2ccc3c(c2)cc(CN2C[C@H]4CCC[C@@H](N(Cc5ccccc5)Cc5ccccc5)[C@H]4C2)n3C)[nH]c(=O)c(C(=O)Oc2c(CC)c(-c3ccc4c(c3)cc(CN3C[C@H]5CCC[C@@H](NC)[C@H]5C3)n4C)[nH]c(=O)c2C(=O)O)c1O. The number of ether oxygens (including phenoxy) is 1. The van der Waals surface area contributed by atoms with E-state index in [0.29, 0.717) is 63.8 Å². The van der Waals surface area contributed by atoms with Gasteiger partial charge in [0.25, 0.3) is 11.1 Å². The zero-order chi connectivity index (χ0) is 56.9. The minimum Gasteiger partial charge on any atom is -0.506 e. The Bertz CT molecular complexity index is 3780. The zero-order valence-electron chi connectivity index (χ0n) is 47.8. The van der Waals surface area contributed by atoms with Gasteiger partial charge in [-0.2, -0.15) is 0 Å². The molecule has 0 radical (unpaired) electrons. The van der Waals surface area contributed by atoms with Crippen LogP contribution >= 0.6 is 0 Å². The van der Waals surface area contributed by atoms with Gasteiger partial charge in [0.05, 0.1) is 11.4 Å². The number of nitrogens with zero attached hydrogens (tertiary/aromatic N) is 5. The molecule has 2 aliphatic heterocycles. The molecule has 426 valence electrons. The number of fused-ring (bicyclic) bond motifs is 4. The number of likely N-dealkylation sites (tertiary alicyclic amines) is 2. The molecule has 4 aromatic carbocycles. The molecule has 0 spiro atoms. The fourth-order valence-corrected chi connectivity index (χ4v) is 15.0. The molecule has 0 bridgehead atoms. The van der Waals surface area contributed by atoms with E-state index in [0.717, 1.165) is 79.9 Å². The monoisotopic (exact) mass is 1100 g/mol. The number of carbonyl (C=O) groups excluding carboxylic acids is 1. The predicted octanol–water partition coefficient (Wildman–Crippen LogP) is 10.3. The highest BCUT2D eigenvalue weighted by molar-refractivity contribution is 5.99. The standard InChI is InChI=1S/C67H76N8O7/c1-6-50-60(42-24-26-55-46(28-42)30-49(72(55)5)37-74-35-45-21-15-23-57(53(45)39-74)75(32-40-16-10-8-11-17-40)33-41-18-12-9-13-19-41)69-64(77)58(62(50)76)67(81)82-63-51(7-2)61(70-65(78)59(63)66(79)80)43-25-27-56-47(29-43)31-48(71(56)4)36-73-34-44-20-14-22-54(68-3)52(44)38-73/h8-13,16-19,24-31,44-45,52-54,57,68H,6-7,14-15,20-23,32-39H2,1-5H3,(H,70,78)(H,79,80)(H2,69,76,77)/t44-,45-,52+,53+,54-,57-/m1/s1. The van der Waals surface area contributed by atoms with E-state index in [4.69, 9.17) is 4.74 Å². The second-order valence-corrected chi connectivity index (χ2v) is 23.8. The lowest BCUT2D eigenvalue weighted by Gasteiger charge is -2.41. The molecule has 5 N–H and O–H groups in total. The quantitative estimate of drug-likeness (QED) is 0.0548. The summed E-state index contributed by atoms with van der Waals surface area (Å²) in [7, 11) is 6.23. The number of carboxylic acid groups (broad SMARTS) is 1. The second-order valence-electron chi connectivity index (χ2n) is 23.8. The van der Waals surface area contributed by atoms with Crippen LogP contribution in [-0.2, 0) is 53.1 Å². The van der Waals surface area contributed by atoms with Crippen LogP contribution in [0.2, 0.25) is 0 Å². The molecule has 4 aromatic heterocycles. The lowest BCUT2D eigenvalue weighted by atomic mass is 9.77. The molecular weight excluding hydrogens is 1030 g/mol. The number of H-pyrrole nitrogens is 2. The lowest BCUT2D eigenvalue weighted by molar-refractivity contribution is 0.0677. The summed E-state index contributed by atoms with van der Waals surface area (Å²) in [6, 6.07) is 38.8. The van der Waals surface area contributed by atoms with Gasteiger partial charge in [-0.15, -0.1) is 0 Å². The van der Waals surface area contributed by atoms with Crippen LogP contribution < -0.4 is 21.2 Å². The number of aromatic amines is 2. The minimum atomic E-state index is -1.61. The minimum absolute atomic E-state index is 0.159. The topological polar surface area (TPSA) is 181 Å². The highest BCUT2D eigenvalue weighted by atomic mass is 16.5. The smallest absolute Gasteiger partial charge is 0.353 e. The predicted molar refractivity (Wildman–Crippen MR) is 321 cm³/mol. The van der Waals surface area contributed by atoms with Crippen molar-refractivity contribution < 1.29 is 24.5 Å². The molecule has 15 heteroatoms. The summed E-state index contributed by atoms with van der Waals surface area (Å²) >= 11 is 0. The number of rotatable bonds is 17. The summed E-state index contributed by atoms with van der Waals surface area (Å²) in [5, 5.41) is 27.8. The number of benzene rings is 4. The maximum Gasteiger partial charge on any atom is 0.353 e. The van der Waals surface area contributed by atoms with E-state index in [2.05, 4.69) is 133 Å². The van der Waals surface area contributed by atoms with Crippen LogP contribution in [0, 0.1) is 23.7 Å². The number of hydrogen-bond donors (Lipinski definition) is 5. The van der Waals surface area contributed by atoms with Gasteiger partial charge < -0.3 is 39.4 Å². The van der Waals surface area contributed by atoms with Gasteiger partial charge in [-0.1, -0.05) is 99.5 Å². The summed E-state index contributed by atoms with van der Waals surface area (Å²) in [5.74, 6) is -1.42. The first kappa shape index (κ1) is 55.0. The highest BCUT2D eigenvalue weighted by Gasteiger charge is 2.43. The molecule has 82 heavy (non-hydrogen) atoms. The third-order valence-electron chi connectivity index (χ3n) is 19.1. The number of aromatic carboxylic acids is 1. The molecule has 8 aromatic rings. The van der Waals surface area contributed by atoms with Crippen molar-refractivity contribution in [3.8, 4) is 34.0 Å². The van der Waals surface area contributed by atoms with Gasteiger partial charge in [0.15, 0.2) is 16.9 Å². The van der Waals surface area contributed by atoms with Crippen molar-refractivity contribution in [2.45, 2.75) is 103 Å². The third-order valence-corrected chi connectivity index (χ3v) is 19.1.